The van der Waals surface area contributed by atoms with Gasteiger partial charge in [-0.2, -0.15) is 0 Å². The highest BCUT2D eigenvalue weighted by Crippen LogP contribution is 2.27. The second kappa shape index (κ2) is 9.85. The normalized spacial score (nSPS) is 13.3. The Labute approximate surface area is 191 Å². The van der Waals surface area contributed by atoms with Crippen LogP contribution in [0.25, 0.3) is 6.08 Å². The number of anilines is 1. The third kappa shape index (κ3) is 5.57. The van der Waals surface area contributed by atoms with E-state index in [1.54, 1.807) is 29.2 Å². The molecule has 0 spiro atoms. The zero-order valence-electron chi connectivity index (χ0n) is 17.6. The van der Waals surface area contributed by atoms with Crippen molar-refractivity contribution in [2.75, 3.05) is 18.1 Å². The number of rotatable bonds is 8. The lowest BCUT2D eigenvalue weighted by atomic mass is 10.2. The molecule has 4 rings (SSSR count). The summed E-state index contributed by atoms with van der Waals surface area (Å²) in [5, 5.41) is 0. The average Bonchev–Trinajstić information content (AvgIpc) is 3.50. The molecule has 0 fully saturated rings. The summed E-state index contributed by atoms with van der Waals surface area (Å²) in [4.78, 5) is 26.1. The van der Waals surface area contributed by atoms with E-state index in [1.165, 1.54) is 30.5 Å². The van der Waals surface area contributed by atoms with Crippen molar-refractivity contribution in [1.82, 2.24) is 4.72 Å². The Kier molecular flexibility index (Phi) is 6.71. The van der Waals surface area contributed by atoms with Crippen molar-refractivity contribution in [3.05, 3.63) is 89.9 Å². The number of furan rings is 1. The van der Waals surface area contributed by atoms with Crippen molar-refractivity contribution < 1.29 is 27.2 Å². The number of carbonyl (C=O) groups is 2. The summed E-state index contributed by atoms with van der Waals surface area (Å²) in [6.07, 6.45) is 4.94. The topological polar surface area (TPSA) is 106 Å². The maximum Gasteiger partial charge on any atom is 0.331 e. The molecule has 0 unspecified atom stereocenters. The van der Waals surface area contributed by atoms with Crippen LogP contribution in [0.5, 0.6) is 0 Å². The van der Waals surface area contributed by atoms with Gasteiger partial charge in [0.1, 0.15) is 5.76 Å². The van der Waals surface area contributed by atoms with Crippen LogP contribution in [-0.4, -0.2) is 33.4 Å². The molecule has 0 saturated heterocycles. The molecule has 0 bridgehead atoms. The van der Waals surface area contributed by atoms with E-state index in [1.807, 2.05) is 24.3 Å². The summed E-state index contributed by atoms with van der Waals surface area (Å²) >= 11 is 0. The van der Waals surface area contributed by atoms with Gasteiger partial charge in [0.05, 0.1) is 17.7 Å². The number of esters is 1. The van der Waals surface area contributed by atoms with Crippen LogP contribution >= 0.6 is 0 Å². The van der Waals surface area contributed by atoms with Gasteiger partial charge in [0, 0.05) is 18.3 Å². The first-order valence-electron chi connectivity index (χ1n) is 10.3. The third-order valence-electron chi connectivity index (χ3n) is 5.14. The molecule has 9 heteroatoms. The fourth-order valence-electron chi connectivity index (χ4n) is 3.44. The summed E-state index contributed by atoms with van der Waals surface area (Å²) in [6.45, 7) is 0.262. The maximum absolute atomic E-state index is 12.4. The lowest BCUT2D eigenvalue weighted by Gasteiger charge is -2.16. The van der Waals surface area contributed by atoms with E-state index in [2.05, 4.69) is 4.72 Å². The van der Waals surface area contributed by atoms with Gasteiger partial charge < -0.3 is 14.1 Å². The number of hydrogen-bond donors (Lipinski definition) is 1. The van der Waals surface area contributed by atoms with Gasteiger partial charge in [0.25, 0.3) is 5.91 Å². The molecule has 2 aromatic carbocycles. The summed E-state index contributed by atoms with van der Waals surface area (Å²) in [7, 11) is -3.70. The van der Waals surface area contributed by atoms with Gasteiger partial charge >= 0.3 is 5.97 Å². The molecule has 1 aliphatic rings. The number of amides is 1. The van der Waals surface area contributed by atoms with Crippen molar-refractivity contribution in [3.63, 3.8) is 0 Å². The molecule has 3 aromatic rings. The first-order valence-corrected chi connectivity index (χ1v) is 11.8. The average molecular weight is 467 g/mol. The third-order valence-corrected chi connectivity index (χ3v) is 6.56. The van der Waals surface area contributed by atoms with E-state index >= 15 is 0 Å². The van der Waals surface area contributed by atoms with Gasteiger partial charge in [-0.15, -0.1) is 0 Å². The number of carbonyl (C=O) groups excluding carboxylic acids is 2. The molecule has 1 aliphatic heterocycles. The van der Waals surface area contributed by atoms with Gasteiger partial charge in [-0.25, -0.2) is 17.9 Å². The van der Waals surface area contributed by atoms with Crippen LogP contribution in [0, 0.1) is 0 Å². The number of fused-ring (bicyclic) bond motifs is 1. The standard InChI is InChI=1S/C24H22N2O6S/c27-23(26-14-13-19-4-1-2-6-22(19)26)17-32-24(28)12-9-18-7-10-21(11-8-18)33(29,30)25-16-20-5-3-15-31-20/h1-12,15,25H,13-14,16-17H2. The first-order chi connectivity index (χ1) is 15.9. The highest BCUT2D eigenvalue weighted by atomic mass is 32.2. The summed E-state index contributed by atoms with van der Waals surface area (Å²) in [5.74, 6) is -0.435. The molecule has 0 radical (unpaired) electrons. The van der Waals surface area contributed by atoms with Crippen LogP contribution in [0.1, 0.15) is 16.9 Å². The van der Waals surface area contributed by atoms with Crippen LogP contribution in [0.2, 0.25) is 0 Å². The number of benzene rings is 2. The molecular weight excluding hydrogens is 444 g/mol. The maximum atomic E-state index is 12.4. The number of sulfonamides is 1. The van der Waals surface area contributed by atoms with E-state index < -0.39 is 16.0 Å². The zero-order valence-corrected chi connectivity index (χ0v) is 18.5. The SMILES string of the molecule is O=C(C=Cc1ccc(S(=O)(=O)NCc2ccco2)cc1)OCC(=O)N1CCc2ccccc21. The van der Waals surface area contributed by atoms with Gasteiger partial charge in [-0.05, 0) is 54.0 Å². The predicted molar refractivity (Wildman–Crippen MR) is 122 cm³/mol. The fourth-order valence-corrected chi connectivity index (χ4v) is 4.43. The van der Waals surface area contributed by atoms with Crippen LogP contribution in [-0.2, 0) is 37.3 Å². The second-order valence-corrected chi connectivity index (χ2v) is 9.11. The molecule has 8 nitrogen and oxygen atoms in total. The molecule has 0 atom stereocenters. The molecule has 0 saturated carbocycles. The summed E-state index contributed by atoms with van der Waals surface area (Å²) in [6, 6.07) is 17.0. The smallest absolute Gasteiger partial charge is 0.331 e. The number of para-hydroxylation sites is 1. The van der Waals surface area contributed by atoms with Crippen LogP contribution in [0.4, 0.5) is 5.69 Å². The van der Waals surface area contributed by atoms with E-state index in [9.17, 15) is 18.0 Å². The minimum absolute atomic E-state index is 0.0462. The fraction of sp³-hybridized carbons (Fsp3) is 0.167. The van der Waals surface area contributed by atoms with E-state index in [-0.39, 0.29) is 24.0 Å². The van der Waals surface area contributed by atoms with Crippen LogP contribution in [0.3, 0.4) is 0 Å². The molecule has 0 aliphatic carbocycles. The van der Waals surface area contributed by atoms with Crippen molar-refractivity contribution >= 4 is 33.7 Å². The lowest BCUT2D eigenvalue weighted by molar-refractivity contribution is -0.142. The Morgan fingerprint density at radius 1 is 1.06 bits per heavy atom. The van der Waals surface area contributed by atoms with Crippen molar-refractivity contribution in [2.24, 2.45) is 0 Å². The Bertz CT molecular complexity index is 1260. The Morgan fingerprint density at radius 2 is 1.85 bits per heavy atom. The van der Waals surface area contributed by atoms with Gasteiger partial charge in [-0.3, -0.25) is 4.79 Å². The lowest BCUT2D eigenvalue weighted by Crippen LogP contribution is -2.33. The van der Waals surface area contributed by atoms with Gasteiger partial charge in [-0.1, -0.05) is 30.3 Å². The molecule has 1 N–H and O–H groups in total. The van der Waals surface area contributed by atoms with Gasteiger partial charge in [0.15, 0.2) is 6.61 Å². The highest BCUT2D eigenvalue weighted by Gasteiger charge is 2.24. The summed E-state index contributed by atoms with van der Waals surface area (Å²) < 4.78 is 37.4. The van der Waals surface area contributed by atoms with E-state index in [4.69, 9.17) is 9.15 Å². The zero-order chi connectivity index (χ0) is 23.3. The van der Waals surface area contributed by atoms with Crippen molar-refractivity contribution in [3.8, 4) is 0 Å². The van der Waals surface area contributed by atoms with Gasteiger partial charge in [0.2, 0.25) is 10.0 Å². The highest BCUT2D eigenvalue weighted by molar-refractivity contribution is 7.89. The monoisotopic (exact) mass is 466 g/mol. The molecule has 2 heterocycles. The minimum atomic E-state index is -3.70. The van der Waals surface area contributed by atoms with Crippen LogP contribution < -0.4 is 9.62 Å². The first kappa shape index (κ1) is 22.5. The Hall–Kier alpha value is -3.69. The Morgan fingerprint density at radius 3 is 2.61 bits per heavy atom. The largest absolute Gasteiger partial charge is 0.468 e. The van der Waals surface area contributed by atoms with Crippen molar-refractivity contribution in [2.45, 2.75) is 17.9 Å². The molecule has 1 amide bonds. The van der Waals surface area contributed by atoms with Crippen LogP contribution in [0.15, 0.2) is 82.3 Å². The van der Waals surface area contributed by atoms with E-state index in [0.29, 0.717) is 17.9 Å². The van der Waals surface area contributed by atoms with E-state index in [0.717, 1.165) is 17.7 Å². The second-order valence-electron chi connectivity index (χ2n) is 7.34. The molecule has 33 heavy (non-hydrogen) atoms. The number of nitrogens with one attached hydrogen (secondary N) is 1. The minimum Gasteiger partial charge on any atom is -0.468 e. The predicted octanol–water partition coefficient (Wildman–Crippen LogP) is 2.90. The molecule has 170 valence electrons. The molecule has 1 aromatic heterocycles. The number of ether oxygens (including phenoxy) is 1. The molecular formula is C24H22N2O6S. The van der Waals surface area contributed by atoms with Crippen molar-refractivity contribution in [1.29, 1.82) is 0 Å². The quantitative estimate of drug-likeness (QED) is 0.404. The summed E-state index contributed by atoms with van der Waals surface area (Å²) in [5.41, 5.74) is 2.55. The number of nitrogens with zero attached hydrogens (tertiary/aromatic N) is 1. The Balaban J connectivity index is 1.28. The number of hydrogen-bond acceptors (Lipinski definition) is 6.